The molecule has 0 aliphatic heterocycles. The molecule has 0 saturated heterocycles. The Balaban J connectivity index is 4.34. The number of rotatable bonds is 57. The van der Waals surface area contributed by atoms with E-state index >= 15 is 0 Å². The lowest BCUT2D eigenvalue weighted by atomic mass is 10.1. The summed E-state index contributed by atoms with van der Waals surface area (Å²) in [5, 5.41) is 0. The third-order valence-electron chi connectivity index (χ3n) is 13.2. The summed E-state index contributed by atoms with van der Waals surface area (Å²) in [5.41, 5.74) is 0. The minimum absolute atomic E-state index is 0.0971. The van der Waals surface area contributed by atoms with E-state index < -0.39 is 6.10 Å². The maximum Gasteiger partial charge on any atom is 0.306 e. The Morgan fingerprint density at radius 3 is 0.775 bits per heavy atom. The first-order valence-corrected chi connectivity index (χ1v) is 32.5. The van der Waals surface area contributed by atoms with Gasteiger partial charge in [0.25, 0.3) is 0 Å². The molecule has 0 aromatic heterocycles. The maximum atomic E-state index is 12.9. The van der Waals surface area contributed by atoms with E-state index in [-0.39, 0.29) is 31.1 Å². The van der Waals surface area contributed by atoms with Gasteiger partial charge in [0.1, 0.15) is 13.2 Å². The molecule has 80 heavy (non-hydrogen) atoms. The zero-order valence-electron chi connectivity index (χ0n) is 51.5. The molecule has 450 valence electrons. The summed E-state index contributed by atoms with van der Waals surface area (Å²) in [6.07, 6.45) is 96.8. The van der Waals surface area contributed by atoms with E-state index in [0.717, 1.165) is 173 Å². The fourth-order valence-corrected chi connectivity index (χ4v) is 8.45. The zero-order chi connectivity index (χ0) is 57.8. The summed E-state index contributed by atoms with van der Waals surface area (Å²) in [6, 6.07) is 0. The van der Waals surface area contributed by atoms with Crippen molar-refractivity contribution in [1.29, 1.82) is 0 Å². The summed E-state index contributed by atoms with van der Waals surface area (Å²) in [5.74, 6) is -0.933. The van der Waals surface area contributed by atoms with Crippen LogP contribution < -0.4 is 0 Å². The highest BCUT2D eigenvalue weighted by molar-refractivity contribution is 5.71. The molecular formula is C74H118O6. The highest BCUT2D eigenvalue weighted by Crippen LogP contribution is 2.15. The van der Waals surface area contributed by atoms with Crippen LogP contribution in [-0.2, 0) is 28.6 Å². The van der Waals surface area contributed by atoms with Crippen LogP contribution in [0.15, 0.2) is 158 Å². The van der Waals surface area contributed by atoms with Gasteiger partial charge in [0.2, 0.25) is 0 Å². The number of hydrogen-bond donors (Lipinski definition) is 0. The Bertz CT molecular complexity index is 1790. The van der Waals surface area contributed by atoms with Gasteiger partial charge in [-0.05, 0) is 141 Å². The largest absolute Gasteiger partial charge is 0.462 e. The highest BCUT2D eigenvalue weighted by Gasteiger charge is 2.19. The van der Waals surface area contributed by atoms with Crippen molar-refractivity contribution in [3.8, 4) is 0 Å². The van der Waals surface area contributed by atoms with Gasteiger partial charge in [0.15, 0.2) is 6.10 Å². The summed E-state index contributed by atoms with van der Waals surface area (Å²) in [4.78, 5) is 38.3. The van der Waals surface area contributed by atoms with E-state index in [0.29, 0.717) is 19.3 Å². The van der Waals surface area contributed by atoms with Gasteiger partial charge >= 0.3 is 17.9 Å². The molecule has 1 unspecified atom stereocenters. The van der Waals surface area contributed by atoms with Crippen molar-refractivity contribution in [2.45, 2.75) is 277 Å². The average molecular weight is 1100 g/mol. The molecule has 0 amide bonds. The zero-order valence-corrected chi connectivity index (χ0v) is 51.5. The molecule has 0 fully saturated rings. The molecule has 0 aliphatic rings. The van der Waals surface area contributed by atoms with Crippen molar-refractivity contribution in [2.75, 3.05) is 13.2 Å². The molecule has 6 nitrogen and oxygen atoms in total. The minimum atomic E-state index is -0.801. The molecule has 1 atom stereocenters. The van der Waals surface area contributed by atoms with Gasteiger partial charge in [0.05, 0.1) is 0 Å². The van der Waals surface area contributed by atoms with Crippen molar-refractivity contribution >= 4 is 17.9 Å². The van der Waals surface area contributed by atoms with E-state index in [1.807, 2.05) is 0 Å². The van der Waals surface area contributed by atoms with Crippen LogP contribution in [0.2, 0.25) is 0 Å². The van der Waals surface area contributed by atoms with Crippen LogP contribution in [0.3, 0.4) is 0 Å². The molecule has 0 aliphatic carbocycles. The van der Waals surface area contributed by atoms with Crippen molar-refractivity contribution in [3.05, 3.63) is 158 Å². The molecule has 6 heteroatoms. The number of hydrogen-bond acceptors (Lipinski definition) is 6. The third-order valence-corrected chi connectivity index (χ3v) is 13.2. The van der Waals surface area contributed by atoms with Crippen LogP contribution >= 0.6 is 0 Å². The topological polar surface area (TPSA) is 78.9 Å². The van der Waals surface area contributed by atoms with Gasteiger partial charge < -0.3 is 14.2 Å². The van der Waals surface area contributed by atoms with Gasteiger partial charge in [-0.25, -0.2) is 0 Å². The lowest BCUT2D eigenvalue weighted by molar-refractivity contribution is -0.167. The summed E-state index contributed by atoms with van der Waals surface area (Å²) in [7, 11) is 0. The van der Waals surface area contributed by atoms with Gasteiger partial charge in [-0.2, -0.15) is 0 Å². The monoisotopic (exact) mass is 1100 g/mol. The van der Waals surface area contributed by atoms with Crippen molar-refractivity contribution in [3.63, 3.8) is 0 Å². The predicted octanol–water partition coefficient (Wildman–Crippen LogP) is 22.5. The molecule has 0 radical (unpaired) electrons. The van der Waals surface area contributed by atoms with Crippen LogP contribution in [-0.4, -0.2) is 37.2 Å². The van der Waals surface area contributed by atoms with E-state index in [9.17, 15) is 14.4 Å². The third kappa shape index (κ3) is 63.9. The first kappa shape index (κ1) is 75.0. The van der Waals surface area contributed by atoms with Crippen LogP contribution in [0, 0.1) is 0 Å². The number of carbonyl (C=O) groups excluding carboxylic acids is 3. The van der Waals surface area contributed by atoms with Gasteiger partial charge in [-0.1, -0.05) is 269 Å². The quantitative estimate of drug-likeness (QED) is 0.0261. The standard InChI is InChI=1S/C74H118O6/c1-4-7-10-13-16-19-22-24-26-28-30-32-34-36-37-39-40-42-44-46-48-50-52-55-58-61-64-67-73(76)79-70-71(69-78-72(75)66-63-60-57-54-21-18-15-12-9-6-3)80-74(77)68-65-62-59-56-53-51-49-47-45-43-41-38-35-33-31-29-27-25-23-20-17-14-11-8-5-2/h7-8,10-12,15-17,19-20,24-27,30-33,36-38,40-42,45,47,71H,4-6,9,13-14,18,21-23,28-29,34-35,39,43-44,46,48-70H2,1-3H3/b10-7-,11-8-,15-12-,19-16-,20-17-,26-24-,27-25-,32-30-,33-31-,37-36-,41-38-,42-40-,47-45-. The van der Waals surface area contributed by atoms with E-state index in [2.05, 4.69) is 179 Å². The van der Waals surface area contributed by atoms with Crippen molar-refractivity contribution < 1.29 is 28.6 Å². The van der Waals surface area contributed by atoms with E-state index in [1.54, 1.807) is 0 Å². The first-order valence-electron chi connectivity index (χ1n) is 32.5. The summed E-state index contributed by atoms with van der Waals surface area (Å²) in [6.45, 7) is 6.32. The first-order chi connectivity index (χ1) is 39.5. The van der Waals surface area contributed by atoms with E-state index in [4.69, 9.17) is 14.2 Å². The summed E-state index contributed by atoms with van der Waals surface area (Å²) >= 11 is 0. The molecule has 0 bridgehead atoms. The molecule has 0 aromatic carbocycles. The predicted molar refractivity (Wildman–Crippen MR) is 348 cm³/mol. The second kappa shape index (κ2) is 66.5. The molecule has 0 aromatic rings. The summed E-state index contributed by atoms with van der Waals surface area (Å²) < 4.78 is 16.9. The molecule has 0 spiro atoms. The Morgan fingerprint density at radius 1 is 0.263 bits per heavy atom. The van der Waals surface area contributed by atoms with Crippen LogP contribution in [0.5, 0.6) is 0 Å². The number of unbranched alkanes of at least 4 members (excludes halogenated alkanes) is 20. The number of ether oxygens (including phenoxy) is 3. The van der Waals surface area contributed by atoms with Gasteiger partial charge in [0, 0.05) is 19.3 Å². The second-order valence-corrected chi connectivity index (χ2v) is 20.9. The fraction of sp³-hybridized carbons (Fsp3) is 0.608. The van der Waals surface area contributed by atoms with Gasteiger partial charge in [-0.15, -0.1) is 0 Å². The maximum absolute atomic E-state index is 12.9. The van der Waals surface area contributed by atoms with E-state index in [1.165, 1.54) is 57.8 Å². The molecule has 0 N–H and O–H groups in total. The Labute approximate surface area is 492 Å². The molecule has 0 heterocycles. The molecular weight excluding hydrogens is 985 g/mol. The Hall–Kier alpha value is -4.97. The smallest absolute Gasteiger partial charge is 0.306 e. The SMILES string of the molecule is CC/C=C\C/C=C\C/C=C\C/C=C\C/C=C\C/C=C\CCCCCCCCCCC(=O)OCC(COC(=O)CCCCCCC/C=C\CCC)OC(=O)CCCCCCCC/C=C\C/C=C\C/C=C\C/C=C\C/C=C\C/C=C\CC. The number of allylic oxidation sites excluding steroid dienone is 26. The Kier molecular flexibility index (Phi) is 62.4. The van der Waals surface area contributed by atoms with Crippen LogP contribution in [0.4, 0.5) is 0 Å². The normalized spacial score (nSPS) is 13.2. The van der Waals surface area contributed by atoms with Crippen LogP contribution in [0.1, 0.15) is 271 Å². The number of carbonyl (C=O) groups is 3. The van der Waals surface area contributed by atoms with Crippen LogP contribution in [0.25, 0.3) is 0 Å². The van der Waals surface area contributed by atoms with Gasteiger partial charge in [-0.3, -0.25) is 14.4 Å². The van der Waals surface area contributed by atoms with Crippen molar-refractivity contribution in [2.24, 2.45) is 0 Å². The Morgan fingerprint density at radius 2 is 0.487 bits per heavy atom. The highest BCUT2D eigenvalue weighted by atomic mass is 16.6. The fourth-order valence-electron chi connectivity index (χ4n) is 8.45. The van der Waals surface area contributed by atoms with Crippen molar-refractivity contribution in [1.82, 2.24) is 0 Å². The molecule has 0 saturated carbocycles. The minimum Gasteiger partial charge on any atom is -0.462 e. The number of esters is 3. The average Bonchev–Trinajstić information content (AvgIpc) is 3.46. The lowest BCUT2D eigenvalue weighted by Crippen LogP contribution is -2.30. The second-order valence-electron chi connectivity index (χ2n) is 20.9. The molecule has 0 rings (SSSR count). The lowest BCUT2D eigenvalue weighted by Gasteiger charge is -2.18.